The number of fused-ring (bicyclic) bond motifs is 1. The van der Waals surface area contributed by atoms with Crippen LogP contribution in [0.5, 0.6) is 0 Å². The van der Waals surface area contributed by atoms with Gasteiger partial charge in [-0.05, 0) is 37.6 Å². The van der Waals surface area contributed by atoms with Crippen molar-refractivity contribution >= 4 is 22.6 Å². The summed E-state index contributed by atoms with van der Waals surface area (Å²) in [4.78, 5) is 19.9. The van der Waals surface area contributed by atoms with Crippen molar-refractivity contribution in [1.82, 2.24) is 15.3 Å². The lowest BCUT2D eigenvalue weighted by Gasteiger charge is -2.29. The van der Waals surface area contributed by atoms with Crippen molar-refractivity contribution in [2.24, 2.45) is 11.1 Å². The third kappa shape index (κ3) is 2.54. The molecule has 0 saturated carbocycles. The summed E-state index contributed by atoms with van der Waals surface area (Å²) in [5, 5.41) is 15.4. The maximum absolute atomic E-state index is 12.5. The number of nitrogens with one attached hydrogen (secondary N) is 3. The molecule has 1 atom stereocenters. The Morgan fingerprint density at radius 2 is 2.41 bits per heavy atom. The van der Waals surface area contributed by atoms with E-state index in [0.29, 0.717) is 31.0 Å². The minimum absolute atomic E-state index is 0.264. The number of nitrogens with zero attached hydrogens (tertiary/aromatic N) is 2. The molecular weight excluding hydrogens is 280 g/mol. The molecule has 22 heavy (non-hydrogen) atoms. The van der Waals surface area contributed by atoms with Gasteiger partial charge in [0.2, 0.25) is 5.91 Å². The Morgan fingerprint density at radius 3 is 3.09 bits per heavy atom. The molecule has 7 nitrogen and oxygen atoms in total. The number of imidazole rings is 1. The highest BCUT2D eigenvalue weighted by Gasteiger charge is 2.40. The maximum Gasteiger partial charge on any atom is 0.246 e. The quantitative estimate of drug-likeness (QED) is 0.669. The topological polar surface area (TPSA) is 120 Å². The van der Waals surface area contributed by atoms with E-state index < -0.39 is 5.41 Å². The molecule has 1 unspecified atom stereocenters. The van der Waals surface area contributed by atoms with Gasteiger partial charge in [-0.3, -0.25) is 4.79 Å². The van der Waals surface area contributed by atoms with Crippen molar-refractivity contribution < 1.29 is 4.79 Å². The molecule has 114 valence electrons. The number of rotatable bonds is 3. The lowest BCUT2D eigenvalue weighted by atomic mass is 9.81. The molecule has 0 spiro atoms. The van der Waals surface area contributed by atoms with Crippen LogP contribution in [0.2, 0.25) is 0 Å². The summed E-state index contributed by atoms with van der Waals surface area (Å²) in [6.45, 7) is 1.57. The molecule has 0 aliphatic carbocycles. The second kappa shape index (κ2) is 5.75. The number of nitrogens with two attached hydrogens (primary N) is 1. The van der Waals surface area contributed by atoms with E-state index in [9.17, 15) is 10.1 Å². The van der Waals surface area contributed by atoms with Crippen LogP contribution in [0.15, 0.2) is 18.2 Å². The van der Waals surface area contributed by atoms with Gasteiger partial charge in [-0.1, -0.05) is 0 Å². The number of anilines is 1. The Kier molecular flexibility index (Phi) is 3.79. The molecule has 7 heteroatoms. The molecule has 2 heterocycles. The van der Waals surface area contributed by atoms with Crippen LogP contribution in [-0.4, -0.2) is 29.0 Å². The van der Waals surface area contributed by atoms with Crippen LogP contribution < -0.4 is 16.4 Å². The third-order valence-electron chi connectivity index (χ3n) is 4.01. The average Bonchev–Trinajstić information content (AvgIpc) is 2.97. The van der Waals surface area contributed by atoms with Gasteiger partial charge in [0.25, 0.3) is 0 Å². The van der Waals surface area contributed by atoms with E-state index in [2.05, 4.69) is 26.7 Å². The Hall–Kier alpha value is -2.43. The van der Waals surface area contributed by atoms with Crippen molar-refractivity contribution in [3.05, 3.63) is 24.0 Å². The summed E-state index contributed by atoms with van der Waals surface area (Å²) >= 11 is 0. The predicted molar refractivity (Wildman–Crippen MR) is 82.8 cm³/mol. The van der Waals surface area contributed by atoms with Crippen molar-refractivity contribution in [3.63, 3.8) is 0 Å². The zero-order valence-electron chi connectivity index (χ0n) is 12.1. The predicted octanol–water partition coefficient (Wildman–Crippen LogP) is 0.853. The van der Waals surface area contributed by atoms with Crippen molar-refractivity contribution in [2.45, 2.75) is 19.4 Å². The number of aromatic amines is 1. The Morgan fingerprint density at radius 1 is 1.55 bits per heavy atom. The van der Waals surface area contributed by atoms with Crippen LogP contribution in [-0.2, 0) is 11.3 Å². The molecule has 2 aromatic rings. The first kappa shape index (κ1) is 14.5. The number of hydrogen-bond donors (Lipinski definition) is 4. The average molecular weight is 298 g/mol. The van der Waals surface area contributed by atoms with E-state index in [-0.39, 0.29) is 5.91 Å². The van der Waals surface area contributed by atoms with E-state index in [1.54, 1.807) is 12.1 Å². The van der Waals surface area contributed by atoms with Crippen molar-refractivity contribution in [1.29, 1.82) is 5.26 Å². The molecule has 1 aromatic heterocycles. The zero-order valence-corrected chi connectivity index (χ0v) is 12.1. The highest BCUT2D eigenvalue weighted by molar-refractivity contribution is 5.98. The maximum atomic E-state index is 12.5. The first-order valence-corrected chi connectivity index (χ1v) is 7.29. The first-order chi connectivity index (χ1) is 10.7. The van der Waals surface area contributed by atoms with Crippen LogP contribution in [0, 0.1) is 16.7 Å². The molecule has 1 fully saturated rings. The minimum atomic E-state index is -0.996. The number of amides is 1. The number of H-pyrrole nitrogens is 1. The molecule has 1 saturated heterocycles. The number of aromatic nitrogens is 2. The molecule has 1 amide bonds. The van der Waals surface area contributed by atoms with Gasteiger partial charge in [0.15, 0.2) is 0 Å². The second-order valence-electron chi connectivity index (χ2n) is 5.55. The smallest absolute Gasteiger partial charge is 0.246 e. The highest BCUT2D eigenvalue weighted by Crippen LogP contribution is 2.28. The van der Waals surface area contributed by atoms with Crippen molar-refractivity contribution in [2.75, 3.05) is 18.4 Å². The SMILES string of the molecule is N#CC1(C(=O)Nc2ccc3nc(CN)[nH]c3c2)CCCNC1. The molecule has 5 N–H and O–H groups in total. The summed E-state index contributed by atoms with van der Waals surface area (Å²) in [6, 6.07) is 7.58. The number of benzene rings is 1. The van der Waals surface area contributed by atoms with Gasteiger partial charge in [0.05, 0.1) is 23.6 Å². The van der Waals surface area contributed by atoms with E-state index in [0.717, 1.165) is 24.0 Å². The van der Waals surface area contributed by atoms with Crippen LogP contribution in [0.3, 0.4) is 0 Å². The third-order valence-corrected chi connectivity index (χ3v) is 4.01. The Labute approximate surface area is 127 Å². The Bertz CT molecular complexity index is 738. The van der Waals surface area contributed by atoms with Crippen LogP contribution in [0.1, 0.15) is 18.7 Å². The second-order valence-corrected chi connectivity index (χ2v) is 5.55. The van der Waals surface area contributed by atoms with Crippen LogP contribution >= 0.6 is 0 Å². The lowest BCUT2D eigenvalue weighted by molar-refractivity contribution is -0.123. The fraction of sp³-hybridized carbons (Fsp3) is 0.400. The standard InChI is InChI=1S/C15H18N6O/c16-7-13-20-11-3-2-10(6-12(11)21-13)19-14(22)15(8-17)4-1-5-18-9-15/h2-3,6,18H,1,4-5,7,9,16H2,(H,19,22)(H,20,21). The van der Waals surface area contributed by atoms with Crippen molar-refractivity contribution in [3.8, 4) is 6.07 Å². The van der Waals surface area contributed by atoms with Gasteiger partial charge >= 0.3 is 0 Å². The summed E-state index contributed by atoms with van der Waals surface area (Å²) in [6.07, 6.45) is 1.40. The molecule has 1 aliphatic heterocycles. The molecular formula is C15H18N6O. The summed E-state index contributed by atoms with van der Waals surface area (Å²) in [5.41, 5.74) is 6.82. The number of carbonyl (C=O) groups is 1. The number of nitriles is 1. The first-order valence-electron chi connectivity index (χ1n) is 7.29. The monoisotopic (exact) mass is 298 g/mol. The highest BCUT2D eigenvalue weighted by atomic mass is 16.2. The molecule has 3 rings (SSSR count). The van der Waals surface area contributed by atoms with Gasteiger partial charge in [-0.2, -0.15) is 5.26 Å². The minimum Gasteiger partial charge on any atom is -0.341 e. The number of carbonyl (C=O) groups excluding carboxylic acids is 1. The summed E-state index contributed by atoms with van der Waals surface area (Å²) in [7, 11) is 0. The van der Waals surface area contributed by atoms with Gasteiger partial charge in [0.1, 0.15) is 11.2 Å². The molecule has 0 radical (unpaired) electrons. The molecule has 0 bridgehead atoms. The molecule has 1 aliphatic rings. The van der Waals surface area contributed by atoms with E-state index >= 15 is 0 Å². The van der Waals surface area contributed by atoms with Gasteiger partial charge < -0.3 is 21.4 Å². The Balaban J connectivity index is 1.82. The largest absolute Gasteiger partial charge is 0.341 e. The fourth-order valence-corrected chi connectivity index (χ4v) is 2.73. The van der Waals surface area contributed by atoms with E-state index in [1.807, 2.05) is 6.07 Å². The number of piperidine rings is 1. The summed E-state index contributed by atoms with van der Waals surface area (Å²) < 4.78 is 0. The van der Waals surface area contributed by atoms with Gasteiger partial charge in [-0.15, -0.1) is 0 Å². The van der Waals surface area contributed by atoms with Gasteiger partial charge in [-0.25, -0.2) is 4.98 Å². The normalized spacial score (nSPS) is 21.5. The van der Waals surface area contributed by atoms with Crippen LogP contribution in [0.25, 0.3) is 11.0 Å². The number of hydrogen-bond acceptors (Lipinski definition) is 5. The van der Waals surface area contributed by atoms with Gasteiger partial charge in [0, 0.05) is 12.2 Å². The van der Waals surface area contributed by atoms with Crippen LogP contribution in [0.4, 0.5) is 5.69 Å². The molecule has 1 aromatic carbocycles. The van der Waals surface area contributed by atoms with E-state index in [4.69, 9.17) is 5.73 Å². The summed E-state index contributed by atoms with van der Waals surface area (Å²) in [5.74, 6) is 0.434. The van der Waals surface area contributed by atoms with E-state index in [1.165, 1.54) is 0 Å². The zero-order chi connectivity index (χ0) is 15.6. The lowest BCUT2D eigenvalue weighted by Crippen LogP contribution is -2.47. The fourth-order valence-electron chi connectivity index (χ4n) is 2.73.